The second kappa shape index (κ2) is 5.80. The maximum Gasteiger partial charge on any atom is 0.249 e. The number of carbonyl (C=O) groups excluding carboxylic acids is 1. The van der Waals surface area contributed by atoms with Crippen molar-refractivity contribution in [1.29, 1.82) is 0 Å². The molecule has 0 atom stereocenters. The number of tetrazole rings is 1. The first-order valence-electron chi connectivity index (χ1n) is 6.25. The number of anilines is 1. The van der Waals surface area contributed by atoms with Gasteiger partial charge in [0, 0.05) is 17.1 Å². The maximum absolute atomic E-state index is 11.8. The molecule has 21 heavy (non-hydrogen) atoms. The largest absolute Gasteiger partial charge is 0.300 e. The van der Waals surface area contributed by atoms with E-state index >= 15 is 0 Å². The number of nitrogens with zero attached hydrogens (tertiary/aromatic N) is 5. The van der Waals surface area contributed by atoms with Crippen molar-refractivity contribution in [2.75, 3.05) is 5.32 Å². The van der Waals surface area contributed by atoms with E-state index < -0.39 is 0 Å². The van der Waals surface area contributed by atoms with Crippen LogP contribution in [0.1, 0.15) is 5.56 Å². The van der Waals surface area contributed by atoms with Gasteiger partial charge in [0.25, 0.3) is 0 Å². The van der Waals surface area contributed by atoms with Crippen molar-refractivity contribution in [1.82, 2.24) is 25.2 Å². The molecular weight excluding hydrogens is 288 g/mol. The number of aryl methyl sites for hydroxylation is 1. The van der Waals surface area contributed by atoms with Gasteiger partial charge in [0.05, 0.1) is 0 Å². The first-order valence-corrected chi connectivity index (χ1v) is 7.13. The van der Waals surface area contributed by atoms with E-state index in [-0.39, 0.29) is 12.5 Å². The Balaban J connectivity index is 1.71. The monoisotopic (exact) mass is 300 g/mol. The van der Waals surface area contributed by atoms with Gasteiger partial charge in [-0.3, -0.25) is 4.79 Å². The fourth-order valence-electron chi connectivity index (χ4n) is 1.81. The molecular formula is C13H12N6OS. The summed E-state index contributed by atoms with van der Waals surface area (Å²) in [4.78, 5) is 17.1. The maximum atomic E-state index is 11.8. The van der Waals surface area contributed by atoms with E-state index in [4.69, 9.17) is 0 Å². The Morgan fingerprint density at radius 3 is 3.00 bits per heavy atom. The van der Waals surface area contributed by atoms with Crippen molar-refractivity contribution in [2.24, 2.45) is 0 Å². The van der Waals surface area contributed by atoms with Crippen LogP contribution in [0, 0.1) is 6.92 Å². The average molecular weight is 300 g/mol. The molecule has 0 saturated carbocycles. The molecule has 3 aromatic rings. The summed E-state index contributed by atoms with van der Waals surface area (Å²) in [7, 11) is 0. The summed E-state index contributed by atoms with van der Waals surface area (Å²) in [5.41, 5.74) is 1.97. The van der Waals surface area contributed by atoms with Crippen LogP contribution >= 0.6 is 11.3 Å². The van der Waals surface area contributed by atoms with Crippen LogP contribution in [0.25, 0.3) is 11.4 Å². The van der Waals surface area contributed by atoms with Crippen molar-refractivity contribution >= 4 is 22.4 Å². The number of rotatable bonds is 4. The molecule has 7 nitrogen and oxygen atoms in total. The molecule has 0 aliphatic carbocycles. The van der Waals surface area contributed by atoms with E-state index in [1.165, 1.54) is 16.1 Å². The Morgan fingerprint density at radius 2 is 2.24 bits per heavy atom. The van der Waals surface area contributed by atoms with Crippen LogP contribution in [0.5, 0.6) is 0 Å². The Labute approximate surface area is 124 Å². The minimum absolute atomic E-state index is 0.00153. The Kier molecular flexibility index (Phi) is 3.69. The zero-order valence-corrected chi connectivity index (χ0v) is 12.0. The molecule has 2 aromatic heterocycles. The van der Waals surface area contributed by atoms with Crippen molar-refractivity contribution in [3.05, 3.63) is 41.4 Å². The molecule has 1 amide bonds. The third-order valence-electron chi connectivity index (χ3n) is 2.80. The zero-order valence-electron chi connectivity index (χ0n) is 11.2. The molecule has 0 spiro atoms. The van der Waals surface area contributed by atoms with Gasteiger partial charge in [-0.25, -0.2) is 4.98 Å². The number of benzene rings is 1. The molecule has 0 aliphatic heterocycles. The van der Waals surface area contributed by atoms with Crippen molar-refractivity contribution in [3.63, 3.8) is 0 Å². The van der Waals surface area contributed by atoms with Crippen LogP contribution < -0.4 is 5.32 Å². The molecule has 8 heteroatoms. The highest BCUT2D eigenvalue weighted by Gasteiger charge is 2.11. The molecule has 1 aromatic carbocycles. The van der Waals surface area contributed by atoms with Crippen LogP contribution in [0.15, 0.2) is 35.8 Å². The topological polar surface area (TPSA) is 85.6 Å². The highest BCUT2D eigenvalue weighted by molar-refractivity contribution is 7.13. The predicted molar refractivity (Wildman–Crippen MR) is 78.7 cm³/mol. The van der Waals surface area contributed by atoms with Crippen molar-refractivity contribution in [2.45, 2.75) is 13.5 Å². The Hall–Kier alpha value is -2.61. The first kappa shape index (κ1) is 13.4. The van der Waals surface area contributed by atoms with Gasteiger partial charge < -0.3 is 5.32 Å². The third kappa shape index (κ3) is 3.11. The number of hydrogen-bond acceptors (Lipinski definition) is 6. The van der Waals surface area contributed by atoms with Crippen molar-refractivity contribution in [3.8, 4) is 11.4 Å². The lowest BCUT2D eigenvalue weighted by Crippen LogP contribution is -2.20. The SMILES string of the molecule is Cc1ccccc1-c1nnn(CC(=O)Nc2nccs2)n1. The molecule has 3 rings (SSSR count). The quantitative estimate of drug-likeness (QED) is 0.793. The second-order valence-corrected chi connectivity index (χ2v) is 5.24. The average Bonchev–Trinajstić information content (AvgIpc) is 3.11. The lowest BCUT2D eigenvalue weighted by atomic mass is 10.1. The van der Waals surface area contributed by atoms with E-state index in [1.54, 1.807) is 11.6 Å². The van der Waals surface area contributed by atoms with Crippen LogP contribution in [0.2, 0.25) is 0 Å². The van der Waals surface area contributed by atoms with E-state index in [9.17, 15) is 4.79 Å². The van der Waals surface area contributed by atoms with Crippen LogP contribution in [-0.4, -0.2) is 31.1 Å². The van der Waals surface area contributed by atoms with Gasteiger partial charge in [-0.1, -0.05) is 24.3 Å². The summed E-state index contributed by atoms with van der Waals surface area (Å²) in [6, 6.07) is 7.76. The number of carbonyl (C=O) groups is 1. The summed E-state index contributed by atoms with van der Waals surface area (Å²) in [5.74, 6) is 0.272. The second-order valence-electron chi connectivity index (χ2n) is 4.34. The molecule has 0 radical (unpaired) electrons. The highest BCUT2D eigenvalue weighted by Crippen LogP contribution is 2.17. The lowest BCUT2D eigenvalue weighted by Gasteiger charge is -2.00. The Bertz CT molecular complexity index is 752. The molecule has 1 N–H and O–H groups in total. The third-order valence-corrected chi connectivity index (χ3v) is 3.49. The summed E-state index contributed by atoms with van der Waals surface area (Å²) in [6.07, 6.45) is 1.63. The summed E-state index contributed by atoms with van der Waals surface area (Å²) in [5, 5.41) is 17.1. The fourth-order valence-corrected chi connectivity index (χ4v) is 2.36. The number of nitrogens with one attached hydrogen (secondary N) is 1. The van der Waals surface area contributed by atoms with Gasteiger partial charge in [-0.2, -0.15) is 4.80 Å². The van der Waals surface area contributed by atoms with E-state index in [1.807, 2.05) is 31.2 Å². The molecule has 0 bridgehead atoms. The minimum Gasteiger partial charge on any atom is -0.300 e. The highest BCUT2D eigenvalue weighted by atomic mass is 32.1. The van der Waals surface area contributed by atoms with E-state index in [0.717, 1.165) is 11.1 Å². The van der Waals surface area contributed by atoms with Crippen LogP contribution in [-0.2, 0) is 11.3 Å². The number of thiazole rings is 1. The molecule has 0 aliphatic rings. The first-order chi connectivity index (χ1) is 10.2. The predicted octanol–water partition coefficient (Wildman–Crippen LogP) is 1.74. The number of hydrogen-bond donors (Lipinski definition) is 1. The van der Waals surface area contributed by atoms with Crippen LogP contribution in [0.4, 0.5) is 5.13 Å². The van der Waals surface area contributed by atoms with Gasteiger partial charge in [0.15, 0.2) is 5.13 Å². The Morgan fingerprint density at radius 1 is 1.38 bits per heavy atom. The van der Waals surface area contributed by atoms with E-state index in [2.05, 4.69) is 25.7 Å². The molecule has 0 unspecified atom stereocenters. The summed E-state index contributed by atoms with van der Waals surface area (Å²) < 4.78 is 0. The molecule has 0 saturated heterocycles. The molecule has 2 heterocycles. The van der Waals surface area contributed by atoms with Crippen molar-refractivity contribution < 1.29 is 4.79 Å². The zero-order chi connectivity index (χ0) is 14.7. The van der Waals surface area contributed by atoms with Gasteiger partial charge in [-0.15, -0.1) is 21.5 Å². The summed E-state index contributed by atoms with van der Waals surface area (Å²) in [6.45, 7) is 1.98. The van der Waals surface area contributed by atoms with Gasteiger partial charge >= 0.3 is 0 Å². The molecule has 0 fully saturated rings. The molecule has 106 valence electrons. The van der Waals surface area contributed by atoms with Crippen LogP contribution in [0.3, 0.4) is 0 Å². The normalized spacial score (nSPS) is 10.5. The van der Waals surface area contributed by atoms with E-state index in [0.29, 0.717) is 11.0 Å². The fraction of sp³-hybridized carbons (Fsp3) is 0.154. The van der Waals surface area contributed by atoms with Gasteiger partial charge in [0.1, 0.15) is 6.54 Å². The van der Waals surface area contributed by atoms with Gasteiger partial charge in [-0.05, 0) is 17.7 Å². The van der Waals surface area contributed by atoms with Gasteiger partial charge in [0.2, 0.25) is 11.7 Å². The standard InChI is InChI=1S/C13H12N6OS/c1-9-4-2-3-5-10(9)12-16-18-19(17-12)8-11(20)15-13-14-6-7-21-13/h2-7H,8H2,1H3,(H,14,15,20). The smallest absolute Gasteiger partial charge is 0.249 e. The lowest BCUT2D eigenvalue weighted by molar-refractivity contribution is -0.117. The summed E-state index contributed by atoms with van der Waals surface area (Å²) >= 11 is 1.36. The minimum atomic E-state index is -0.237. The number of amides is 1. The number of aromatic nitrogens is 5.